The van der Waals surface area contributed by atoms with Crippen molar-refractivity contribution in [3.8, 4) is 0 Å². The van der Waals surface area contributed by atoms with E-state index in [4.69, 9.17) is 0 Å². The van der Waals surface area contributed by atoms with Crippen LogP contribution < -0.4 is 5.32 Å². The number of likely N-dealkylation sites (tertiary alicyclic amines) is 1. The minimum absolute atomic E-state index is 0.155. The molecule has 2 atom stereocenters. The molecule has 0 saturated carbocycles. The van der Waals surface area contributed by atoms with Crippen LogP contribution in [-0.2, 0) is 25.6 Å². The highest BCUT2D eigenvalue weighted by atomic mass is 16.4. The average molecular weight is 360 g/mol. The van der Waals surface area contributed by atoms with Crippen molar-refractivity contribution in [1.82, 2.24) is 10.2 Å². The summed E-state index contributed by atoms with van der Waals surface area (Å²) in [7, 11) is 0. The van der Waals surface area contributed by atoms with Crippen molar-refractivity contribution in [2.75, 3.05) is 0 Å². The van der Waals surface area contributed by atoms with Gasteiger partial charge in [-0.05, 0) is 24.8 Å². The zero-order chi connectivity index (χ0) is 19.1. The summed E-state index contributed by atoms with van der Waals surface area (Å²) in [6, 6.07) is 8.82. The lowest BCUT2D eigenvalue weighted by Gasteiger charge is -2.27. The number of nitrogens with zero attached hydrogens (tertiary/aromatic N) is 1. The van der Waals surface area contributed by atoms with Gasteiger partial charge in [-0.2, -0.15) is 0 Å². The first-order valence-electron chi connectivity index (χ1n) is 8.78. The normalized spacial score (nSPS) is 19.4. The summed E-state index contributed by atoms with van der Waals surface area (Å²) in [6.45, 7) is 1.23. The van der Waals surface area contributed by atoms with Gasteiger partial charge in [0, 0.05) is 19.8 Å². The predicted molar refractivity (Wildman–Crippen MR) is 94.1 cm³/mol. The number of unbranched alkanes of at least 4 members (excludes halogenated alkanes) is 2. The van der Waals surface area contributed by atoms with Gasteiger partial charge in [0.15, 0.2) is 11.9 Å². The van der Waals surface area contributed by atoms with Crippen LogP contribution in [0.25, 0.3) is 0 Å². The molecule has 1 aromatic carbocycles. The molecule has 0 radical (unpaired) electrons. The summed E-state index contributed by atoms with van der Waals surface area (Å²) >= 11 is 0. The van der Waals surface area contributed by atoms with Gasteiger partial charge in [0.1, 0.15) is 6.04 Å². The Labute approximate surface area is 152 Å². The van der Waals surface area contributed by atoms with Gasteiger partial charge < -0.3 is 15.3 Å². The molecule has 1 heterocycles. The Morgan fingerprint density at radius 3 is 2.46 bits per heavy atom. The molecule has 0 aromatic heterocycles. The van der Waals surface area contributed by atoms with Crippen molar-refractivity contribution in [3.05, 3.63) is 35.9 Å². The van der Waals surface area contributed by atoms with E-state index in [0.29, 0.717) is 6.42 Å². The average Bonchev–Trinajstić information content (AvgIpc) is 2.92. The molecular weight excluding hydrogens is 336 g/mol. The minimum atomic E-state index is -1.23. The molecule has 0 bridgehead atoms. The SMILES string of the molecule is CC(=O)NC1C(=O)C[C@@H](C(=O)O)N1C(=O)CCCCCc1ccccc1. The Hall–Kier alpha value is -2.70. The monoisotopic (exact) mass is 360 g/mol. The molecule has 1 fully saturated rings. The first-order chi connectivity index (χ1) is 12.4. The number of aryl methyl sites for hydroxylation is 1. The number of aliphatic carboxylic acids is 1. The number of benzene rings is 1. The van der Waals surface area contributed by atoms with E-state index in [1.807, 2.05) is 18.2 Å². The summed E-state index contributed by atoms with van der Waals surface area (Å²) in [5.41, 5.74) is 1.24. The van der Waals surface area contributed by atoms with E-state index in [-0.39, 0.29) is 12.8 Å². The first kappa shape index (κ1) is 19.6. The molecule has 2 rings (SSSR count). The standard InChI is InChI=1S/C19H24N2O5/c1-13(22)20-18-16(23)12-15(19(25)26)21(18)17(24)11-7-3-6-10-14-8-4-2-5-9-14/h2,4-5,8-9,15,18H,3,6-7,10-12H2,1H3,(H,20,22)(H,25,26)/t15-,18?/m0/s1. The number of rotatable bonds is 8. The number of carbonyl (C=O) groups is 4. The highest BCUT2D eigenvalue weighted by Gasteiger charge is 2.46. The number of carbonyl (C=O) groups excluding carboxylic acids is 3. The van der Waals surface area contributed by atoms with Crippen molar-refractivity contribution in [3.63, 3.8) is 0 Å². The zero-order valence-electron chi connectivity index (χ0n) is 14.8. The maximum atomic E-state index is 12.5. The van der Waals surface area contributed by atoms with Gasteiger partial charge in [-0.3, -0.25) is 14.4 Å². The second-order valence-electron chi connectivity index (χ2n) is 6.47. The first-order valence-corrected chi connectivity index (χ1v) is 8.78. The van der Waals surface area contributed by atoms with Gasteiger partial charge in [-0.15, -0.1) is 0 Å². The third-order valence-corrected chi connectivity index (χ3v) is 4.43. The molecule has 0 aliphatic carbocycles. The number of Topliss-reactive ketones (excluding diaryl/α,β-unsaturated/α-hetero) is 1. The maximum absolute atomic E-state index is 12.5. The highest BCUT2D eigenvalue weighted by Crippen LogP contribution is 2.22. The lowest BCUT2D eigenvalue weighted by Crippen LogP contribution is -2.53. The van der Waals surface area contributed by atoms with Gasteiger partial charge in [-0.25, -0.2) is 4.79 Å². The summed E-state index contributed by atoms with van der Waals surface area (Å²) < 4.78 is 0. The molecule has 1 aromatic rings. The Balaban J connectivity index is 1.87. The number of carboxylic acids is 1. The fourth-order valence-corrected chi connectivity index (χ4v) is 3.16. The number of nitrogens with one attached hydrogen (secondary N) is 1. The molecule has 1 saturated heterocycles. The smallest absolute Gasteiger partial charge is 0.326 e. The Morgan fingerprint density at radius 2 is 1.85 bits per heavy atom. The van der Waals surface area contributed by atoms with Gasteiger partial charge in [0.05, 0.1) is 0 Å². The molecule has 26 heavy (non-hydrogen) atoms. The van der Waals surface area contributed by atoms with Crippen molar-refractivity contribution in [2.45, 2.75) is 57.7 Å². The molecule has 7 heteroatoms. The molecule has 1 aliphatic rings. The van der Waals surface area contributed by atoms with E-state index in [2.05, 4.69) is 17.4 Å². The summed E-state index contributed by atoms with van der Waals surface area (Å²) in [4.78, 5) is 48.2. The van der Waals surface area contributed by atoms with E-state index in [1.165, 1.54) is 12.5 Å². The summed E-state index contributed by atoms with van der Waals surface area (Å²) in [5, 5.41) is 11.7. The van der Waals surface area contributed by atoms with E-state index in [1.54, 1.807) is 0 Å². The quantitative estimate of drug-likeness (QED) is 0.684. The Kier molecular flexibility index (Phi) is 6.89. The molecule has 1 unspecified atom stereocenters. The third kappa shape index (κ3) is 5.15. The minimum Gasteiger partial charge on any atom is -0.480 e. The van der Waals surface area contributed by atoms with Crippen LogP contribution in [0.5, 0.6) is 0 Å². The molecule has 1 aliphatic heterocycles. The van der Waals surface area contributed by atoms with Crippen LogP contribution in [-0.4, -0.2) is 45.8 Å². The van der Waals surface area contributed by atoms with Crippen molar-refractivity contribution in [1.29, 1.82) is 0 Å². The number of ketones is 1. The van der Waals surface area contributed by atoms with Gasteiger partial charge >= 0.3 is 5.97 Å². The molecule has 2 N–H and O–H groups in total. The fraction of sp³-hybridized carbons (Fsp3) is 0.474. The molecule has 7 nitrogen and oxygen atoms in total. The summed E-state index contributed by atoms with van der Waals surface area (Å²) in [6.07, 6.45) is 1.98. The van der Waals surface area contributed by atoms with E-state index < -0.39 is 35.8 Å². The molecule has 140 valence electrons. The van der Waals surface area contributed by atoms with E-state index in [9.17, 15) is 24.3 Å². The molecule has 2 amide bonds. The second kappa shape index (κ2) is 9.12. The van der Waals surface area contributed by atoms with Crippen LogP contribution in [0, 0.1) is 0 Å². The number of amides is 2. The van der Waals surface area contributed by atoms with Crippen LogP contribution in [0.3, 0.4) is 0 Å². The van der Waals surface area contributed by atoms with Gasteiger partial charge in [0.25, 0.3) is 0 Å². The van der Waals surface area contributed by atoms with Crippen LogP contribution >= 0.6 is 0 Å². The third-order valence-electron chi connectivity index (χ3n) is 4.43. The van der Waals surface area contributed by atoms with Crippen molar-refractivity contribution >= 4 is 23.6 Å². The zero-order valence-corrected chi connectivity index (χ0v) is 14.8. The fourth-order valence-electron chi connectivity index (χ4n) is 3.16. The topological polar surface area (TPSA) is 104 Å². The Bertz CT molecular complexity index is 674. The number of hydrogen-bond acceptors (Lipinski definition) is 4. The van der Waals surface area contributed by atoms with Gasteiger partial charge in [0.2, 0.25) is 11.8 Å². The van der Waals surface area contributed by atoms with Crippen LogP contribution in [0.15, 0.2) is 30.3 Å². The lowest BCUT2D eigenvalue weighted by molar-refractivity contribution is -0.151. The van der Waals surface area contributed by atoms with Crippen molar-refractivity contribution in [2.24, 2.45) is 0 Å². The lowest BCUT2D eigenvalue weighted by atomic mass is 10.1. The number of carboxylic acid groups (broad SMARTS) is 1. The molecule has 0 spiro atoms. The Morgan fingerprint density at radius 1 is 1.15 bits per heavy atom. The summed E-state index contributed by atoms with van der Waals surface area (Å²) in [5.74, 6) is -2.58. The van der Waals surface area contributed by atoms with E-state index in [0.717, 1.165) is 24.2 Å². The molecular formula is C19H24N2O5. The maximum Gasteiger partial charge on any atom is 0.326 e. The van der Waals surface area contributed by atoms with Crippen molar-refractivity contribution < 1.29 is 24.3 Å². The van der Waals surface area contributed by atoms with Crippen LogP contribution in [0.4, 0.5) is 0 Å². The number of hydrogen-bond donors (Lipinski definition) is 2. The second-order valence-corrected chi connectivity index (χ2v) is 6.47. The largest absolute Gasteiger partial charge is 0.480 e. The van der Waals surface area contributed by atoms with Crippen LogP contribution in [0.1, 0.15) is 44.6 Å². The predicted octanol–water partition coefficient (Wildman–Crippen LogP) is 1.51. The van der Waals surface area contributed by atoms with Crippen LogP contribution in [0.2, 0.25) is 0 Å². The van der Waals surface area contributed by atoms with E-state index >= 15 is 0 Å². The van der Waals surface area contributed by atoms with Gasteiger partial charge in [-0.1, -0.05) is 36.8 Å². The highest BCUT2D eigenvalue weighted by molar-refractivity contribution is 6.00.